The van der Waals surface area contributed by atoms with Gasteiger partial charge in [0.1, 0.15) is 98.0 Å². The van der Waals surface area contributed by atoms with E-state index in [0.717, 1.165) is 16.7 Å². The first kappa shape index (κ1) is 134. The van der Waals surface area contributed by atoms with E-state index in [1.54, 1.807) is 241 Å². The highest BCUT2D eigenvalue weighted by atomic mass is 16.6. The molecule has 8 unspecified atom stereocenters. The third kappa shape index (κ3) is 74.6. The molecule has 0 aliphatic rings. The lowest BCUT2D eigenvalue weighted by atomic mass is 10.0. The molecule has 147 heavy (non-hydrogen) atoms. The maximum atomic E-state index is 13.2. The van der Waals surface area contributed by atoms with Crippen molar-refractivity contribution in [3.8, 4) is 23.0 Å². The summed E-state index contributed by atoms with van der Waals surface area (Å²) in [6, 6.07) is 19.8. The van der Waals surface area contributed by atoms with Crippen molar-refractivity contribution < 1.29 is 145 Å². The van der Waals surface area contributed by atoms with Gasteiger partial charge in [-0.2, -0.15) is 0 Å². The highest BCUT2D eigenvalue weighted by Crippen LogP contribution is 2.22. The number of hydrogen-bond donors (Lipinski definition) is 18. The average Bonchev–Trinajstić information content (AvgIpc) is 0.847. The molecule has 4 aromatic carbocycles. The minimum absolute atomic E-state index is 0.0771. The number of ether oxygens (including phenoxy) is 10. The van der Waals surface area contributed by atoms with Gasteiger partial charge >= 0.3 is 72.6 Å². The van der Waals surface area contributed by atoms with Crippen LogP contribution in [0.25, 0.3) is 0 Å². The van der Waals surface area contributed by atoms with Crippen LogP contribution in [0.2, 0.25) is 0 Å². The van der Waals surface area contributed by atoms with Gasteiger partial charge in [0.05, 0.1) is 19.3 Å². The number of phenols is 4. The molecule has 42 heteroatoms. The van der Waals surface area contributed by atoms with Gasteiger partial charge in [-0.25, -0.2) is 43.2 Å². The van der Waals surface area contributed by atoms with E-state index >= 15 is 0 Å². The Morgan fingerprint density at radius 1 is 0.286 bits per heavy atom. The predicted molar refractivity (Wildman–Crippen MR) is 555 cm³/mol. The Balaban J connectivity index is 0.00000186. The van der Waals surface area contributed by atoms with Gasteiger partial charge in [0, 0.05) is 57.8 Å². The molecule has 0 aliphatic heterocycles. The second-order valence-electron chi connectivity index (χ2n) is 42.6. The molecule has 0 spiro atoms. The van der Waals surface area contributed by atoms with E-state index < -0.39 is 160 Å². The molecule has 0 saturated heterocycles. The average molecular weight is 2080 g/mol. The molecule has 832 valence electrons. The van der Waals surface area contributed by atoms with E-state index in [0.29, 0.717) is 115 Å². The number of carboxylic acids is 2. The SMILES string of the molecule is CC(=O)C(CCCCNC(=O)OC(C)(C)C)NC(=O)OC(C)(C)C.CC(C)(C)OC(=O)NCCCCC(CNC(Cc1ccc(O)cc1)C(=O)O)NC(=O)OC(C)(C)C.CC(C)(C)OC(=O)NCCCCC(CNC(Cc1ccc(O)cc1)C(=O)O)NC(=O)OC(C)(C)C.CCOC(=O)C(Cc1ccc(O)cc1)NC(=O)C(CCCCNC(=O)OC(C)(C)C)NC(=O)OC(C)(C)C.CCOC(=O)C(N)Cc1ccc(O)cc1. The van der Waals surface area contributed by atoms with Crippen LogP contribution in [0.1, 0.15) is 286 Å². The maximum Gasteiger partial charge on any atom is 0.408 e. The first-order valence-electron chi connectivity index (χ1n) is 49.6. The molecule has 0 fully saturated rings. The molecule has 19 N–H and O–H groups in total. The second kappa shape index (κ2) is 67.1. The van der Waals surface area contributed by atoms with Crippen molar-refractivity contribution in [2.45, 2.75) is 383 Å². The Hall–Kier alpha value is -12.9. The lowest BCUT2D eigenvalue weighted by molar-refractivity contribution is -0.147. The number of benzene rings is 4. The number of nitrogens with one attached hydrogen (secondary N) is 11. The molecule has 8 atom stereocenters. The van der Waals surface area contributed by atoms with Crippen LogP contribution in [-0.2, 0) is 102 Å². The summed E-state index contributed by atoms with van der Waals surface area (Å²) in [4.78, 5) is 168. The van der Waals surface area contributed by atoms with E-state index in [9.17, 15) is 92.7 Å². The Kier molecular flexibility index (Phi) is 61.2. The van der Waals surface area contributed by atoms with E-state index in [1.807, 2.05) is 0 Å². The number of nitrogens with two attached hydrogens (primary N) is 1. The van der Waals surface area contributed by atoms with Crippen molar-refractivity contribution in [3.63, 3.8) is 0 Å². The molecule has 4 aromatic rings. The quantitative estimate of drug-likeness (QED) is 0.0111. The van der Waals surface area contributed by atoms with Crippen molar-refractivity contribution in [1.29, 1.82) is 0 Å². The molecular weight excluding hydrogens is 1910 g/mol. The molecule has 0 saturated carbocycles. The number of amides is 9. The summed E-state index contributed by atoms with van der Waals surface area (Å²) in [5, 5.41) is 86.9. The van der Waals surface area contributed by atoms with Gasteiger partial charge < -0.3 is 142 Å². The zero-order valence-electron chi connectivity index (χ0n) is 91.4. The minimum atomic E-state index is -1.02. The van der Waals surface area contributed by atoms with Gasteiger partial charge in [0.15, 0.2) is 5.78 Å². The van der Waals surface area contributed by atoms with Crippen LogP contribution in [0.5, 0.6) is 23.0 Å². The standard InChI is InChI=1S/C27H43N3O8.2C25H41N3O7.C17H32N2O5.C11H15NO3/c1-8-36-23(33)21(17-18-12-14-19(31)15-13-18)29-22(32)20(30-25(35)38-27(5,6)7)11-9-10-16-28-24(34)37-26(2,3)4;2*1-24(2,3)34-22(32)26-14-8-7-9-18(28-23(33)35-25(4,5)6)16-27-20(21(30)31)15-17-10-12-19(29)13-11-17;1-12(20)13(19-15(22)24-17(5,6)7)10-8-9-11-18-14(21)23-16(2,3)4;1-2-15-11(14)10(12)7-8-3-5-9(13)6-4-8/h12-15,20-21,31H,8-11,16-17H2,1-7H3,(H,28,34)(H,29,32)(H,30,35);2*10-13,18,20,27,29H,7-9,14-16H2,1-6H3,(H,26,32)(H,28,33)(H,30,31);13H,8-11H2,1-7H3,(H,18,21)(H,19,22);3-6,10,13H,2,7,12H2,1H3. The molecule has 0 aliphatic carbocycles. The van der Waals surface area contributed by atoms with E-state index in [-0.39, 0.29) is 86.2 Å². The predicted octanol–water partition coefficient (Wildman–Crippen LogP) is 14.7. The highest BCUT2D eigenvalue weighted by molar-refractivity contribution is 5.90. The molecule has 0 aromatic heterocycles. The van der Waals surface area contributed by atoms with Crippen LogP contribution >= 0.6 is 0 Å². The van der Waals surface area contributed by atoms with Gasteiger partial charge in [-0.1, -0.05) is 48.5 Å². The number of esters is 2. The van der Waals surface area contributed by atoms with Crippen LogP contribution in [0.15, 0.2) is 97.1 Å². The zero-order valence-corrected chi connectivity index (χ0v) is 91.4. The molecule has 4 rings (SSSR count). The molecule has 0 radical (unpaired) electrons. The normalized spacial score (nSPS) is 13.1. The maximum absolute atomic E-state index is 13.2. The number of carbonyl (C=O) groups excluding carboxylic acids is 12. The van der Waals surface area contributed by atoms with Crippen LogP contribution in [-0.4, -0.2) is 261 Å². The van der Waals surface area contributed by atoms with Gasteiger partial charge in [-0.3, -0.25) is 24.0 Å². The number of alkyl carbamates (subject to hydrolysis) is 8. The van der Waals surface area contributed by atoms with Gasteiger partial charge in [-0.05, 0) is 354 Å². The van der Waals surface area contributed by atoms with Gasteiger partial charge in [-0.15, -0.1) is 0 Å². The fourth-order valence-electron chi connectivity index (χ4n) is 12.5. The van der Waals surface area contributed by atoms with Crippen LogP contribution in [0.4, 0.5) is 38.4 Å². The monoisotopic (exact) mass is 2080 g/mol. The summed E-state index contributed by atoms with van der Waals surface area (Å²) in [5.41, 5.74) is 3.76. The van der Waals surface area contributed by atoms with E-state index in [1.165, 1.54) is 43.3 Å². The first-order valence-corrected chi connectivity index (χ1v) is 49.6. The summed E-state index contributed by atoms with van der Waals surface area (Å²) in [7, 11) is 0. The van der Waals surface area contributed by atoms with Crippen molar-refractivity contribution in [2.75, 3.05) is 52.5 Å². The number of Topliss-reactive ketones (excluding diaryl/α,β-unsaturated/α-hetero) is 1. The van der Waals surface area contributed by atoms with Crippen LogP contribution in [0.3, 0.4) is 0 Å². The number of carbonyl (C=O) groups is 14. The number of hydrogen-bond acceptors (Lipinski definition) is 31. The number of aromatic hydroxyl groups is 4. The third-order valence-electron chi connectivity index (χ3n) is 18.9. The highest BCUT2D eigenvalue weighted by Gasteiger charge is 2.33. The summed E-state index contributed by atoms with van der Waals surface area (Å²) >= 11 is 0. The molecule has 0 heterocycles. The third-order valence-corrected chi connectivity index (χ3v) is 18.9. The molecule has 42 nitrogen and oxygen atoms in total. The van der Waals surface area contributed by atoms with Crippen molar-refractivity contribution in [1.82, 2.24) is 58.5 Å². The fourth-order valence-corrected chi connectivity index (χ4v) is 12.5. The number of aliphatic carboxylic acids is 2. The number of carboxylic acid groups (broad SMARTS) is 2. The minimum Gasteiger partial charge on any atom is -0.508 e. The summed E-state index contributed by atoms with van der Waals surface area (Å²) in [5.74, 6) is -3.26. The Morgan fingerprint density at radius 3 is 0.776 bits per heavy atom. The lowest BCUT2D eigenvalue weighted by Crippen LogP contribution is -2.53. The number of unbranched alkanes of at least 4 members (excludes halogenated alkanes) is 4. The summed E-state index contributed by atoms with van der Waals surface area (Å²) in [6.45, 7) is 49.8. The Labute approximate surface area is 867 Å². The van der Waals surface area contributed by atoms with Crippen molar-refractivity contribution >= 4 is 84.3 Å². The topological polar surface area (TPSA) is 611 Å². The zero-order chi connectivity index (χ0) is 112. The van der Waals surface area contributed by atoms with Crippen molar-refractivity contribution in [2.24, 2.45) is 5.73 Å². The summed E-state index contributed by atoms with van der Waals surface area (Å²) in [6.07, 6.45) is 3.31. The largest absolute Gasteiger partial charge is 0.508 e. The van der Waals surface area contributed by atoms with Crippen LogP contribution in [0, 0.1) is 0 Å². The Bertz CT molecular complexity index is 4470. The van der Waals surface area contributed by atoms with Crippen LogP contribution < -0.4 is 64.2 Å². The fraction of sp³-hybridized carbons (Fsp3) is 0.638. The number of ketones is 1. The Morgan fingerprint density at radius 2 is 0.517 bits per heavy atom. The second-order valence-corrected chi connectivity index (χ2v) is 42.6. The number of rotatable bonds is 47. The lowest BCUT2D eigenvalue weighted by Gasteiger charge is -2.25. The van der Waals surface area contributed by atoms with Gasteiger partial charge in [0.2, 0.25) is 5.91 Å². The molecule has 9 amide bonds. The molecular formula is C105H172N12O30. The first-order chi connectivity index (χ1) is 67.8. The number of phenolic OH excluding ortho intramolecular Hbond substituents is 4. The van der Waals surface area contributed by atoms with Crippen molar-refractivity contribution in [3.05, 3.63) is 119 Å². The smallest absolute Gasteiger partial charge is 0.408 e. The van der Waals surface area contributed by atoms with Gasteiger partial charge in [0.25, 0.3) is 0 Å². The van der Waals surface area contributed by atoms with E-state index in [4.69, 9.17) is 58.2 Å². The summed E-state index contributed by atoms with van der Waals surface area (Å²) < 4.78 is 51.8. The van der Waals surface area contributed by atoms with E-state index in [2.05, 4.69) is 58.5 Å². The molecule has 0 bridgehead atoms.